The third-order valence-corrected chi connectivity index (χ3v) is 1.89. The third-order valence-electron chi connectivity index (χ3n) is 1.89. The summed E-state index contributed by atoms with van der Waals surface area (Å²) in [6, 6.07) is 9.83. The second-order valence-electron chi connectivity index (χ2n) is 2.98. The smallest absolute Gasteiger partial charge is 0.784 e. The topological polar surface area (TPSA) is 95.5 Å². The van der Waals surface area contributed by atoms with Crippen molar-refractivity contribution in [3.63, 3.8) is 0 Å². The number of carbonyl (C=O) groups is 1. The summed E-state index contributed by atoms with van der Waals surface area (Å²) in [7, 11) is 0. The summed E-state index contributed by atoms with van der Waals surface area (Å²) in [6.07, 6.45) is 0.592. The van der Waals surface area contributed by atoms with Gasteiger partial charge < -0.3 is 9.11 Å². The van der Waals surface area contributed by atoms with E-state index in [0.29, 0.717) is 6.42 Å². The molecule has 1 aliphatic rings. The number of anilines is 1. The van der Waals surface area contributed by atoms with Gasteiger partial charge >= 0.3 is 103 Å². The average Bonchev–Trinajstić information content (AvgIpc) is 2.65. The number of hydrogen-bond donors (Lipinski definition) is 1. The van der Waals surface area contributed by atoms with E-state index in [1.807, 2.05) is 35.3 Å². The summed E-state index contributed by atoms with van der Waals surface area (Å²) in [5, 5.41) is 1.86. The second-order valence-corrected chi connectivity index (χ2v) is 3.38. The summed E-state index contributed by atoms with van der Waals surface area (Å²) >= 11 is -3.11. The van der Waals surface area contributed by atoms with Crippen LogP contribution in [0.5, 0.6) is 0 Å². The van der Waals surface area contributed by atoms with E-state index in [1.165, 1.54) is 0 Å². The van der Waals surface area contributed by atoms with Gasteiger partial charge in [0.2, 0.25) is 5.91 Å². The first-order chi connectivity index (χ1) is 7.59. The Bertz CT molecular complexity index is 376. The number of para-hydroxylation sites is 1. The molecule has 1 fully saturated rings. The summed E-state index contributed by atoms with van der Waals surface area (Å²) in [4.78, 5) is 10.9. The monoisotopic (exact) mass is 320 g/mol. The van der Waals surface area contributed by atoms with Crippen molar-refractivity contribution in [2.24, 2.45) is 0 Å². The van der Waals surface area contributed by atoms with E-state index in [-0.39, 0.29) is 109 Å². The SMILES string of the molecule is O=C1CCN(c2ccccc2)N1.O=S([O-])[O-].[K+].[K+]. The summed E-state index contributed by atoms with van der Waals surface area (Å²) < 4.78 is 25.3. The van der Waals surface area contributed by atoms with Crippen LogP contribution in [0, 0.1) is 0 Å². The van der Waals surface area contributed by atoms with Crippen molar-refractivity contribution in [1.82, 2.24) is 5.43 Å². The summed E-state index contributed by atoms with van der Waals surface area (Å²) in [5.74, 6) is 0.0962. The molecule has 1 N–H and O–H groups in total. The molecule has 0 radical (unpaired) electrons. The first kappa shape index (κ1) is 22.1. The number of rotatable bonds is 1. The van der Waals surface area contributed by atoms with E-state index in [2.05, 4.69) is 5.43 Å². The summed E-state index contributed by atoms with van der Waals surface area (Å²) in [5.41, 5.74) is 3.81. The molecule has 0 bridgehead atoms. The van der Waals surface area contributed by atoms with Gasteiger partial charge in [0.1, 0.15) is 0 Å². The number of amides is 1. The molecule has 1 saturated heterocycles. The van der Waals surface area contributed by atoms with Gasteiger partial charge in [0, 0.05) is 13.0 Å². The molecule has 2 rings (SSSR count). The Morgan fingerprint density at radius 3 is 2.06 bits per heavy atom. The van der Waals surface area contributed by atoms with Gasteiger partial charge in [0.15, 0.2) is 0 Å². The van der Waals surface area contributed by atoms with Crippen LogP contribution in [0.4, 0.5) is 5.69 Å². The minimum Gasteiger partial charge on any atom is -0.784 e. The van der Waals surface area contributed by atoms with Crippen molar-refractivity contribution in [1.29, 1.82) is 0 Å². The van der Waals surface area contributed by atoms with Crippen molar-refractivity contribution in [3.05, 3.63) is 30.3 Å². The van der Waals surface area contributed by atoms with Crippen LogP contribution in [0.25, 0.3) is 0 Å². The molecule has 9 heteroatoms. The molecule has 0 aromatic heterocycles. The van der Waals surface area contributed by atoms with Crippen molar-refractivity contribution in [3.8, 4) is 0 Å². The van der Waals surface area contributed by atoms with Crippen LogP contribution in [-0.2, 0) is 16.2 Å². The average molecular weight is 320 g/mol. The van der Waals surface area contributed by atoms with Gasteiger partial charge in [-0.05, 0) is 12.1 Å². The molecular formula is C9H10K2N2O4S. The quantitative estimate of drug-likeness (QED) is 0.410. The maximum atomic E-state index is 10.9. The van der Waals surface area contributed by atoms with Crippen molar-refractivity contribution in [2.45, 2.75) is 6.42 Å². The van der Waals surface area contributed by atoms with E-state index < -0.39 is 11.4 Å². The van der Waals surface area contributed by atoms with Gasteiger partial charge in [-0.25, -0.2) is 0 Å². The molecule has 0 aliphatic carbocycles. The molecule has 88 valence electrons. The van der Waals surface area contributed by atoms with E-state index in [4.69, 9.17) is 13.3 Å². The van der Waals surface area contributed by atoms with Crippen LogP contribution in [0.15, 0.2) is 30.3 Å². The molecule has 6 nitrogen and oxygen atoms in total. The molecule has 0 unspecified atom stereocenters. The zero-order valence-corrected chi connectivity index (χ0v) is 17.4. The van der Waals surface area contributed by atoms with E-state index in [9.17, 15) is 4.79 Å². The van der Waals surface area contributed by atoms with Gasteiger partial charge in [-0.15, -0.1) is 11.4 Å². The molecular weight excluding hydrogens is 310 g/mol. The van der Waals surface area contributed by atoms with Crippen LogP contribution in [0.1, 0.15) is 6.42 Å². The predicted octanol–water partition coefficient (Wildman–Crippen LogP) is -6.07. The van der Waals surface area contributed by atoms with Crippen molar-refractivity contribution < 1.29 is 121 Å². The fourth-order valence-electron chi connectivity index (χ4n) is 1.28. The van der Waals surface area contributed by atoms with Crippen LogP contribution < -0.4 is 113 Å². The maximum absolute atomic E-state index is 10.9. The van der Waals surface area contributed by atoms with Crippen LogP contribution in [0.3, 0.4) is 0 Å². The zero-order chi connectivity index (χ0) is 12.0. The number of carbonyl (C=O) groups excluding carboxylic acids is 1. The minimum absolute atomic E-state index is 0. The Labute approximate surface area is 193 Å². The second kappa shape index (κ2) is 12.6. The number of nitrogens with zero attached hydrogens (tertiary/aromatic N) is 1. The van der Waals surface area contributed by atoms with Gasteiger partial charge in [0.05, 0.1) is 5.69 Å². The fraction of sp³-hybridized carbons (Fsp3) is 0.222. The predicted molar refractivity (Wildman–Crippen MR) is 56.2 cm³/mol. The number of nitrogens with one attached hydrogen (secondary N) is 1. The third kappa shape index (κ3) is 9.69. The van der Waals surface area contributed by atoms with Gasteiger partial charge in [-0.3, -0.25) is 19.4 Å². The first-order valence-corrected chi connectivity index (χ1v) is 5.48. The van der Waals surface area contributed by atoms with Crippen LogP contribution >= 0.6 is 0 Å². The normalized spacial score (nSPS) is 12.8. The molecule has 18 heavy (non-hydrogen) atoms. The molecule has 0 atom stereocenters. The Kier molecular flexibility index (Phi) is 15.4. The van der Waals surface area contributed by atoms with Crippen LogP contribution in [-0.4, -0.2) is 25.8 Å². The molecule has 0 spiro atoms. The molecule has 1 aromatic carbocycles. The van der Waals surface area contributed by atoms with E-state index in [0.717, 1.165) is 12.2 Å². The molecule has 0 saturated carbocycles. The maximum Gasteiger partial charge on any atom is 1.00 e. The Morgan fingerprint density at radius 2 is 1.67 bits per heavy atom. The molecule has 1 heterocycles. The van der Waals surface area contributed by atoms with E-state index in [1.54, 1.807) is 0 Å². The first-order valence-electron chi connectivity index (χ1n) is 4.48. The van der Waals surface area contributed by atoms with E-state index >= 15 is 0 Å². The Hall–Kier alpha value is 1.83. The fourth-order valence-corrected chi connectivity index (χ4v) is 1.28. The van der Waals surface area contributed by atoms with Crippen molar-refractivity contribution >= 4 is 23.0 Å². The number of hydrogen-bond acceptors (Lipinski definition) is 5. The van der Waals surface area contributed by atoms with Gasteiger partial charge in [0.25, 0.3) is 0 Å². The van der Waals surface area contributed by atoms with Gasteiger partial charge in [-0.1, -0.05) is 18.2 Å². The summed E-state index contributed by atoms with van der Waals surface area (Å²) in [6.45, 7) is 0.767. The standard InChI is InChI=1S/C9H10N2O.2K.H2O3S/c12-9-6-7-11(10-9)8-4-2-1-3-5-8;;;1-4(2)3/h1-5H,6-7H2,(H,10,12);;;(H2,1,2,3)/q;2*+1;/p-2. The minimum atomic E-state index is -3.11. The molecule has 1 aliphatic heterocycles. The molecule has 1 amide bonds. The van der Waals surface area contributed by atoms with Gasteiger partial charge in [-0.2, -0.15) is 0 Å². The van der Waals surface area contributed by atoms with Crippen LogP contribution in [0.2, 0.25) is 0 Å². The number of benzene rings is 1. The van der Waals surface area contributed by atoms with Crippen molar-refractivity contribution in [2.75, 3.05) is 11.6 Å². The Morgan fingerprint density at radius 1 is 1.17 bits per heavy atom. The largest absolute Gasteiger partial charge is 1.00 e. The Balaban J connectivity index is 0. The zero-order valence-electron chi connectivity index (χ0n) is 10.3. The number of hydrazine groups is 1. The molecule has 1 aromatic rings.